The molecule has 5 heteroatoms. The molecule has 1 aliphatic heterocycles. The summed E-state index contributed by atoms with van der Waals surface area (Å²) in [4.78, 5) is 1.92. The van der Waals surface area contributed by atoms with Crippen LogP contribution >= 0.6 is 0 Å². The SMILES string of the molecule is CC(C)[NH+](C)C1CCN(S(=O)(=O)c2ccc(C(C)(C)C)cc2)CC1. The monoisotopic (exact) mass is 353 g/mol. The van der Waals surface area contributed by atoms with Gasteiger partial charge in [-0.05, 0) is 37.0 Å². The Morgan fingerprint density at radius 1 is 1.08 bits per heavy atom. The Morgan fingerprint density at radius 3 is 2.00 bits per heavy atom. The topological polar surface area (TPSA) is 41.8 Å². The smallest absolute Gasteiger partial charge is 0.243 e. The number of hydrogen-bond donors (Lipinski definition) is 1. The molecule has 1 fully saturated rings. The van der Waals surface area contributed by atoms with Crippen molar-refractivity contribution >= 4 is 10.0 Å². The first-order chi connectivity index (χ1) is 11.0. The Kier molecular flexibility index (Phi) is 5.78. The van der Waals surface area contributed by atoms with Crippen LogP contribution in [0.15, 0.2) is 29.2 Å². The van der Waals surface area contributed by atoms with E-state index < -0.39 is 10.0 Å². The molecule has 0 aliphatic carbocycles. The van der Waals surface area contributed by atoms with Gasteiger partial charge in [0.25, 0.3) is 0 Å². The zero-order chi connectivity index (χ0) is 18.1. The molecule has 1 aromatic carbocycles. The Balaban J connectivity index is 2.09. The number of sulfonamides is 1. The maximum atomic E-state index is 12.9. The van der Waals surface area contributed by atoms with Crippen LogP contribution in [-0.4, -0.2) is 44.9 Å². The molecule has 1 heterocycles. The van der Waals surface area contributed by atoms with Gasteiger partial charge < -0.3 is 4.90 Å². The van der Waals surface area contributed by atoms with Crippen molar-refractivity contribution in [3.63, 3.8) is 0 Å². The first-order valence-electron chi connectivity index (χ1n) is 8.97. The Morgan fingerprint density at radius 2 is 1.58 bits per heavy atom. The third-order valence-electron chi connectivity index (χ3n) is 5.37. The normalized spacial score (nSPS) is 19.6. The van der Waals surface area contributed by atoms with E-state index >= 15 is 0 Å². The zero-order valence-electron chi connectivity index (χ0n) is 16.0. The van der Waals surface area contributed by atoms with Crippen molar-refractivity contribution in [2.75, 3.05) is 20.1 Å². The lowest BCUT2D eigenvalue weighted by Gasteiger charge is -2.35. The molecular weight excluding hydrogens is 320 g/mol. The van der Waals surface area contributed by atoms with Crippen molar-refractivity contribution in [2.45, 2.75) is 69.9 Å². The summed E-state index contributed by atoms with van der Waals surface area (Å²) < 4.78 is 27.4. The molecule has 24 heavy (non-hydrogen) atoms. The molecule has 136 valence electrons. The van der Waals surface area contributed by atoms with Crippen LogP contribution in [0, 0.1) is 0 Å². The van der Waals surface area contributed by atoms with Gasteiger partial charge in [0, 0.05) is 25.9 Å². The largest absolute Gasteiger partial charge is 0.333 e. The van der Waals surface area contributed by atoms with Crippen molar-refractivity contribution in [3.8, 4) is 0 Å². The fraction of sp³-hybridized carbons (Fsp3) is 0.684. The van der Waals surface area contributed by atoms with E-state index in [2.05, 4.69) is 41.7 Å². The first kappa shape index (κ1) is 19.4. The van der Waals surface area contributed by atoms with Gasteiger partial charge in [-0.2, -0.15) is 4.31 Å². The minimum atomic E-state index is -3.37. The minimum absolute atomic E-state index is 0.0326. The van der Waals surface area contributed by atoms with E-state index in [1.54, 1.807) is 16.4 Å². The van der Waals surface area contributed by atoms with Gasteiger partial charge in [0.1, 0.15) is 0 Å². The summed E-state index contributed by atoms with van der Waals surface area (Å²) in [5.41, 5.74) is 1.19. The molecule has 0 radical (unpaired) electrons. The number of nitrogens with zero attached hydrogens (tertiary/aromatic N) is 1. The van der Waals surface area contributed by atoms with Crippen LogP contribution in [0.1, 0.15) is 53.0 Å². The molecule has 0 bridgehead atoms. The molecule has 0 saturated carbocycles. The second-order valence-corrected chi connectivity index (χ2v) is 10.3. The van der Waals surface area contributed by atoms with E-state index in [0.717, 1.165) is 18.4 Å². The summed E-state index contributed by atoms with van der Waals surface area (Å²) >= 11 is 0. The molecule has 1 aliphatic rings. The van der Waals surface area contributed by atoms with Gasteiger partial charge >= 0.3 is 0 Å². The van der Waals surface area contributed by atoms with Crippen LogP contribution in [0.4, 0.5) is 0 Å². The zero-order valence-corrected chi connectivity index (χ0v) is 16.8. The Labute approximate surface area is 147 Å². The van der Waals surface area contributed by atoms with Crippen LogP contribution in [0.25, 0.3) is 0 Å². The number of hydrogen-bond acceptors (Lipinski definition) is 2. The van der Waals surface area contributed by atoms with E-state index in [1.165, 1.54) is 4.90 Å². The molecule has 2 rings (SSSR count). The van der Waals surface area contributed by atoms with Crippen molar-refractivity contribution in [2.24, 2.45) is 0 Å². The van der Waals surface area contributed by atoms with E-state index in [0.29, 0.717) is 30.1 Å². The molecule has 1 N–H and O–H groups in total. The molecule has 0 aromatic heterocycles. The third kappa shape index (κ3) is 4.19. The summed E-state index contributed by atoms with van der Waals surface area (Å²) in [6, 6.07) is 8.52. The highest BCUT2D eigenvalue weighted by Crippen LogP contribution is 2.25. The van der Waals surface area contributed by atoms with Crippen LogP contribution in [0.2, 0.25) is 0 Å². The lowest BCUT2D eigenvalue weighted by Crippen LogP contribution is -3.16. The highest BCUT2D eigenvalue weighted by molar-refractivity contribution is 7.89. The van der Waals surface area contributed by atoms with Gasteiger partial charge in [0.2, 0.25) is 10.0 Å². The standard InChI is InChI=1S/C19H32N2O2S/c1-15(2)20(6)17-11-13-21(14-12-17)24(22,23)18-9-7-16(8-10-18)19(3,4)5/h7-10,15,17H,11-14H2,1-6H3/p+1. The Bertz CT molecular complexity index is 637. The molecule has 0 spiro atoms. The lowest BCUT2D eigenvalue weighted by atomic mass is 9.87. The molecule has 1 saturated heterocycles. The van der Waals surface area contributed by atoms with Crippen molar-refractivity contribution in [3.05, 3.63) is 29.8 Å². The number of quaternary nitrogens is 1. The average Bonchev–Trinajstić information content (AvgIpc) is 2.53. The average molecular weight is 354 g/mol. The van der Waals surface area contributed by atoms with Crippen LogP contribution < -0.4 is 4.90 Å². The van der Waals surface area contributed by atoms with Crippen molar-refractivity contribution < 1.29 is 13.3 Å². The second kappa shape index (κ2) is 7.14. The van der Waals surface area contributed by atoms with E-state index in [-0.39, 0.29) is 5.41 Å². The summed E-state index contributed by atoms with van der Waals surface area (Å²) in [6.07, 6.45) is 1.87. The summed E-state index contributed by atoms with van der Waals surface area (Å²) in [6.45, 7) is 12.1. The highest BCUT2D eigenvalue weighted by atomic mass is 32.2. The molecule has 0 amide bonds. The van der Waals surface area contributed by atoms with E-state index in [1.807, 2.05) is 12.1 Å². The minimum Gasteiger partial charge on any atom is -0.333 e. The molecule has 1 aromatic rings. The Hall–Kier alpha value is -0.910. The number of rotatable bonds is 4. The first-order valence-corrected chi connectivity index (χ1v) is 10.4. The van der Waals surface area contributed by atoms with Gasteiger partial charge in [-0.1, -0.05) is 32.9 Å². The summed E-state index contributed by atoms with van der Waals surface area (Å²) in [5, 5.41) is 0. The van der Waals surface area contributed by atoms with E-state index in [9.17, 15) is 8.42 Å². The second-order valence-electron chi connectivity index (χ2n) is 8.35. The molecule has 4 nitrogen and oxygen atoms in total. The fourth-order valence-corrected chi connectivity index (χ4v) is 4.77. The van der Waals surface area contributed by atoms with Gasteiger partial charge in [0.05, 0.1) is 24.0 Å². The van der Waals surface area contributed by atoms with Crippen molar-refractivity contribution in [1.82, 2.24) is 4.31 Å². The number of piperidine rings is 1. The molecule has 1 atom stereocenters. The maximum absolute atomic E-state index is 12.9. The molecular formula is C19H33N2O2S+. The quantitative estimate of drug-likeness (QED) is 0.900. The highest BCUT2D eigenvalue weighted by Gasteiger charge is 2.33. The number of benzene rings is 1. The molecule has 1 unspecified atom stereocenters. The predicted molar refractivity (Wildman–Crippen MR) is 98.9 cm³/mol. The fourth-order valence-electron chi connectivity index (χ4n) is 3.30. The van der Waals surface area contributed by atoms with Crippen LogP contribution in [-0.2, 0) is 15.4 Å². The van der Waals surface area contributed by atoms with Crippen LogP contribution in [0.5, 0.6) is 0 Å². The third-order valence-corrected chi connectivity index (χ3v) is 7.28. The number of nitrogens with one attached hydrogen (secondary N) is 1. The van der Waals surface area contributed by atoms with E-state index in [4.69, 9.17) is 0 Å². The van der Waals surface area contributed by atoms with Gasteiger partial charge in [-0.3, -0.25) is 0 Å². The van der Waals surface area contributed by atoms with Gasteiger partial charge in [-0.25, -0.2) is 8.42 Å². The van der Waals surface area contributed by atoms with Gasteiger partial charge in [-0.15, -0.1) is 0 Å². The predicted octanol–water partition coefficient (Wildman–Crippen LogP) is 2.06. The van der Waals surface area contributed by atoms with Crippen LogP contribution in [0.3, 0.4) is 0 Å². The van der Waals surface area contributed by atoms with Gasteiger partial charge in [0.15, 0.2) is 0 Å². The maximum Gasteiger partial charge on any atom is 0.243 e. The van der Waals surface area contributed by atoms with Crippen molar-refractivity contribution in [1.29, 1.82) is 0 Å². The summed E-state index contributed by atoms with van der Waals surface area (Å²) in [5.74, 6) is 0. The lowest BCUT2D eigenvalue weighted by molar-refractivity contribution is -0.928. The summed E-state index contributed by atoms with van der Waals surface area (Å²) in [7, 11) is -1.16.